The minimum atomic E-state index is -0.0160. The molecule has 1 fully saturated rings. The van der Waals surface area contributed by atoms with E-state index in [9.17, 15) is 4.79 Å². The Balaban J connectivity index is 1.58. The number of benzene rings is 1. The fraction of sp³-hybridized carbons (Fsp3) is 0.562. The lowest BCUT2D eigenvalue weighted by Gasteiger charge is -2.27. The van der Waals surface area contributed by atoms with E-state index in [0.717, 1.165) is 24.5 Å². The molecule has 1 aromatic rings. The minimum absolute atomic E-state index is 0.0160. The van der Waals surface area contributed by atoms with Gasteiger partial charge >= 0.3 is 6.03 Å². The van der Waals surface area contributed by atoms with E-state index in [1.807, 2.05) is 18.2 Å². The molecule has 2 atom stereocenters. The van der Waals surface area contributed by atoms with E-state index in [0.29, 0.717) is 12.6 Å². The molecule has 0 saturated heterocycles. The van der Waals surface area contributed by atoms with Gasteiger partial charge in [-0.05, 0) is 30.9 Å². The second kappa shape index (κ2) is 8.20. The van der Waals surface area contributed by atoms with Gasteiger partial charge in [0.2, 0.25) is 0 Å². The fourth-order valence-corrected chi connectivity index (χ4v) is 3.44. The molecule has 1 aliphatic rings. The zero-order valence-corrected chi connectivity index (χ0v) is 12.9. The summed E-state index contributed by atoms with van der Waals surface area (Å²) < 4.78 is 0. The van der Waals surface area contributed by atoms with Crippen LogP contribution in [0.2, 0.25) is 0 Å². The maximum Gasteiger partial charge on any atom is 0.315 e. The molecule has 1 aliphatic carbocycles. The minimum Gasteiger partial charge on any atom is -0.337 e. The van der Waals surface area contributed by atoms with Crippen LogP contribution in [-0.2, 0) is 0 Å². The summed E-state index contributed by atoms with van der Waals surface area (Å²) in [5.74, 6) is 1.64. The zero-order valence-electron chi connectivity index (χ0n) is 12.1. The van der Waals surface area contributed by atoms with Crippen LogP contribution in [0.25, 0.3) is 0 Å². The Hall–Kier alpha value is -1.16. The van der Waals surface area contributed by atoms with Crippen LogP contribution in [0.1, 0.15) is 32.6 Å². The van der Waals surface area contributed by atoms with Crippen molar-refractivity contribution in [2.75, 3.05) is 12.3 Å². The van der Waals surface area contributed by atoms with E-state index in [1.54, 1.807) is 11.8 Å². The Bertz CT molecular complexity index is 410. The fourth-order valence-electron chi connectivity index (χ4n) is 2.65. The Labute approximate surface area is 125 Å². The number of carbonyl (C=O) groups excluding carboxylic acids is 1. The third-order valence-corrected chi connectivity index (χ3v) is 4.68. The molecule has 0 heterocycles. The number of hydrogen-bond donors (Lipinski definition) is 2. The normalized spacial score (nSPS) is 22.2. The summed E-state index contributed by atoms with van der Waals surface area (Å²) in [6, 6.07) is 10.6. The SMILES string of the molecule is CC1CCCC(NC(=O)NCCSc2ccccc2)C1. The molecule has 110 valence electrons. The maximum atomic E-state index is 11.8. The third kappa shape index (κ3) is 5.45. The van der Waals surface area contributed by atoms with Gasteiger partial charge in [0.1, 0.15) is 0 Å². The van der Waals surface area contributed by atoms with E-state index in [1.165, 1.54) is 17.7 Å². The van der Waals surface area contributed by atoms with Crippen molar-refractivity contribution in [3.63, 3.8) is 0 Å². The molecule has 4 heteroatoms. The highest BCUT2D eigenvalue weighted by molar-refractivity contribution is 7.99. The Morgan fingerprint density at radius 3 is 2.85 bits per heavy atom. The monoisotopic (exact) mass is 292 g/mol. The van der Waals surface area contributed by atoms with Gasteiger partial charge in [-0.15, -0.1) is 11.8 Å². The van der Waals surface area contributed by atoms with Gasteiger partial charge in [0, 0.05) is 23.2 Å². The molecular formula is C16H24N2OS. The van der Waals surface area contributed by atoms with Crippen molar-refractivity contribution in [2.24, 2.45) is 5.92 Å². The van der Waals surface area contributed by atoms with Gasteiger partial charge in [-0.25, -0.2) is 4.79 Å². The van der Waals surface area contributed by atoms with E-state index in [-0.39, 0.29) is 6.03 Å². The molecule has 20 heavy (non-hydrogen) atoms. The Morgan fingerprint density at radius 1 is 1.30 bits per heavy atom. The molecule has 0 aliphatic heterocycles. The lowest BCUT2D eigenvalue weighted by Crippen LogP contribution is -2.44. The molecule has 0 radical (unpaired) electrons. The van der Waals surface area contributed by atoms with Crippen LogP contribution in [0.5, 0.6) is 0 Å². The smallest absolute Gasteiger partial charge is 0.315 e. The molecule has 0 bridgehead atoms. The highest BCUT2D eigenvalue weighted by atomic mass is 32.2. The second-order valence-corrected chi connectivity index (χ2v) is 6.70. The van der Waals surface area contributed by atoms with Crippen LogP contribution in [0, 0.1) is 5.92 Å². The molecule has 3 nitrogen and oxygen atoms in total. The first kappa shape index (κ1) is 15.2. The molecule has 2 unspecified atom stereocenters. The van der Waals surface area contributed by atoms with Gasteiger partial charge in [-0.2, -0.15) is 0 Å². The van der Waals surface area contributed by atoms with Gasteiger partial charge < -0.3 is 10.6 Å². The third-order valence-electron chi connectivity index (χ3n) is 3.67. The predicted molar refractivity (Wildman–Crippen MR) is 85.1 cm³/mol. The van der Waals surface area contributed by atoms with Crippen molar-refractivity contribution in [1.29, 1.82) is 0 Å². The largest absolute Gasteiger partial charge is 0.337 e. The number of urea groups is 1. The number of amides is 2. The van der Waals surface area contributed by atoms with Crippen LogP contribution in [0.15, 0.2) is 35.2 Å². The number of rotatable bonds is 5. The number of hydrogen-bond acceptors (Lipinski definition) is 2. The Morgan fingerprint density at radius 2 is 2.10 bits per heavy atom. The average molecular weight is 292 g/mol. The maximum absolute atomic E-state index is 11.8. The first-order chi connectivity index (χ1) is 9.74. The average Bonchev–Trinajstić information content (AvgIpc) is 2.45. The first-order valence-electron chi connectivity index (χ1n) is 7.46. The molecule has 0 spiro atoms. The van der Waals surface area contributed by atoms with E-state index >= 15 is 0 Å². The van der Waals surface area contributed by atoms with Crippen LogP contribution >= 0.6 is 11.8 Å². The highest BCUT2D eigenvalue weighted by Gasteiger charge is 2.19. The summed E-state index contributed by atoms with van der Waals surface area (Å²) >= 11 is 1.77. The Kier molecular flexibility index (Phi) is 6.25. The van der Waals surface area contributed by atoms with E-state index < -0.39 is 0 Å². The lowest BCUT2D eigenvalue weighted by atomic mass is 9.87. The molecule has 2 N–H and O–H groups in total. The molecule has 2 rings (SSSR count). The molecule has 2 amide bonds. The van der Waals surface area contributed by atoms with Crippen LogP contribution in [0.4, 0.5) is 4.79 Å². The van der Waals surface area contributed by atoms with Gasteiger partial charge in [0.05, 0.1) is 0 Å². The van der Waals surface area contributed by atoms with Crippen LogP contribution in [-0.4, -0.2) is 24.4 Å². The van der Waals surface area contributed by atoms with Crippen molar-refractivity contribution < 1.29 is 4.79 Å². The van der Waals surface area contributed by atoms with Crippen molar-refractivity contribution in [1.82, 2.24) is 10.6 Å². The summed E-state index contributed by atoms with van der Waals surface area (Å²) in [6.45, 7) is 2.97. The van der Waals surface area contributed by atoms with Crippen molar-refractivity contribution in [2.45, 2.75) is 43.5 Å². The molecule has 1 aromatic carbocycles. The first-order valence-corrected chi connectivity index (χ1v) is 8.45. The number of carbonyl (C=O) groups is 1. The molecular weight excluding hydrogens is 268 g/mol. The van der Waals surface area contributed by atoms with Gasteiger partial charge in [-0.1, -0.05) is 38.0 Å². The number of nitrogens with one attached hydrogen (secondary N) is 2. The molecule has 1 saturated carbocycles. The quantitative estimate of drug-likeness (QED) is 0.642. The highest BCUT2D eigenvalue weighted by Crippen LogP contribution is 2.23. The van der Waals surface area contributed by atoms with E-state index in [2.05, 4.69) is 29.7 Å². The van der Waals surface area contributed by atoms with Gasteiger partial charge in [-0.3, -0.25) is 0 Å². The second-order valence-electron chi connectivity index (χ2n) is 5.53. The summed E-state index contributed by atoms with van der Waals surface area (Å²) in [5.41, 5.74) is 0. The molecule has 0 aromatic heterocycles. The zero-order chi connectivity index (χ0) is 14.2. The van der Waals surface area contributed by atoms with Gasteiger partial charge in [0.15, 0.2) is 0 Å². The summed E-state index contributed by atoms with van der Waals surface area (Å²) in [4.78, 5) is 13.0. The van der Waals surface area contributed by atoms with Crippen LogP contribution in [0.3, 0.4) is 0 Å². The standard InChI is InChI=1S/C16H24N2OS/c1-13-6-5-7-14(12-13)18-16(19)17-10-11-20-15-8-3-2-4-9-15/h2-4,8-9,13-14H,5-7,10-12H2,1H3,(H2,17,18,19). The summed E-state index contributed by atoms with van der Waals surface area (Å²) in [6.07, 6.45) is 4.77. The summed E-state index contributed by atoms with van der Waals surface area (Å²) in [5, 5.41) is 6.03. The van der Waals surface area contributed by atoms with E-state index in [4.69, 9.17) is 0 Å². The lowest BCUT2D eigenvalue weighted by molar-refractivity contribution is 0.228. The van der Waals surface area contributed by atoms with Crippen LogP contribution < -0.4 is 10.6 Å². The topological polar surface area (TPSA) is 41.1 Å². The van der Waals surface area contributed by atoms with Crippen molar-refractivity contribution in [3.05, 3.63) is 30.3 Å². The van der Waals surface area contributed by atoms with Crippen molar-refractivity contribution >= 4 is 17.8 Å². The van der Waals surface area contributed by atoms with Crippen molar-refractivity contribution in [3.8, 4) is 0 Å². The predicted octanol–water partition coefficient (Wildman–Crippen LogP) is 3.66. The summed E-state index contributed by atoms with van der Waals surface area (Å²) in [7, 11) is 0. The number of thioether (sulfide) groups is 1. The van der Waals surface area contributed by atoms with Gasteiger partial charge in [0.25, 0.3) is 0 Å².